The van der Waals surface area contributed by atoms with Gasteiger partial charge in [0.15, 0.2) is 0 Å². The van der Waals surface area contributed by atoms with Crippen LogP contribution in [0.2, 0.25) is 0 Å². The summed E-state index contributed by atoms with van der Waals surface area (Å²) in [7, 11) is -3.53. The summed E-state index contributed by atoms with van der Waals surface area (Å²) in [6.07, 6.45) is 1.76. The molecule has 138 valence electrons. The minimum atomic E-state index is -3.53. The largest absolute Gasteiger partial charge is 0.343 e. The minimum Gasteiger partial charge on any atom is -0.343 e. The van der Waals surface area contributed by atoms with E-state index >= 15 is 0 Å². The van der Waals surface area contributed by atoms with Crippen LogP contribution in [0.1, 0.15) is 26.5 Å². The topological polar surface area (TPSA) is 101 Å². The average molecular weight is 372 g/mol. The van der Waals surface area contributed by atoms with E-state index < -0.39 is 10.0 Å². The van der Waals surface area contributed by atoms with Crippen LogP contribution < -0.4 is 10.5 Å². The van der Waals surface area contributed by atoms with Crippen LogP contribution in [0.4, 0.5) is 0 Å². The number of benzene rings is 1. The predicted molar refractivity (Wildman–Crippen MR) is 104 cm³/mol. The molecule has 2 aromatic heterocycles. The summed E-state index contributed by atoms with van der Waals surface area (Å²) in [6, 6.07) is 10.9. The molecule has 3 aromatic rings. The molecule has 0 bridgehead atoms. The molecule has 1 aromatic carbocycles. The summed E-state index contributed by atoms with van der Waals surface area (Å²) in [6.45, 7) is 6.91. The summed E-state index contributed by atoms with van der Waals surface area (Å²) in [5.74, 6) is 0. The number of nitrogens with zero attached hydrogens (tertiary/aromatic N) is 1. The highest BCUT2D eigenvalue weighted by Crippen LogP contribution is 2.32. The summed E-state index contributed by atoms with van der Waals surface area (Å²) < 4.78 is 26.8. The van der Waals surface area contributed by atoms with E-state index in [4.69, 9.17) is 5.73 Å². The van der Waals surface area contributed by atoms with Gasteiger partial charge in [-0.15, -0.1) is 0 Å². The third-order valence-corrected chi connectivity index (χ3v) is 5.73. The quantitative estimate of drug-likeness (QED) is 0.641. The lowest BCUT2D eigenvalue weighted by atomic mass is 9.92. The van der Waals surface area contributed by atoms with Crippen molar-refractivity contribution in [3.8, 4) is 11.1 Å². The molecule has 0 unspecified atom stereocenters. The fraction of sp³-hybridized carbons (Fsp3) is 0.316. The summed E-state index contributed by atoms with van der Waals surface area (Å²) in [4.78, 5) is 8.02. The summed E-state index contributed by atoms with van der Waals surface area (Å²) >= 11 is 0. The van der Waals surface area contributed by atoms with Crippen LogP contribution in [0.3, 0.4) is 0 Å². The van der Waals surface area contributed by atoms with Crippen LogP contribution >= 0.6 is 0 Å². The molecule has 0 aliphatic rings. The van der Waals surface area contributed by atoms with Gasteiger partial charge in [0, 0.05) is 35.8 Å². The van der Waals surface area contributed by atoms with E-state index in [-0.39, 0.29) is 23.4 Å². The zero-order valence-corrected chi connectivity index (χ0v) is 16.0. The van der Waals surface area contributed by atoms with Gasteiger partial charge in [-0.3, -0.25) is 0 Å². The maximum Gasteiger partial charge on any atom is 0.240 e. The lowest BCUT2D eigenvalue weighted by molar-refractivity contribution is 0.574. The van der Waals surface area contributed by atoms with Gasteiger partial charge in [-0.1, -0.05) is 32.9 Å². The molecule has 3 rings (SSSR count). The first-order chi connectivity index (χ1) is 12.2. The molecule has 0 saturated carbocycles. The van der Waals surface area contributed by atoms with E-state index in [1.54, 1.807) is 18.3 Å². The molecule has 0 radical (unpaired) electrons. The van der Waals surface area contributed by atoms with Gasteiger partial charge >= 0.3 is 0 Å². The van der Waals surface area contributed by atoms with Crippen LogP contribution in [-0.4, -0.2) is 31.5 Å². The number of hydrogen-bond acceptors (Lipinski definition) is 4. The SMILES string of the molecule is CC(C)(C)c1cc2c(-c3ccc(S(=O)(=O)NCCN)cc3)ccnc2[nH]1. The molecule has 0 saturated heterocycles. The highest BCUT2D eigenvalue weighted by atomic mass is 32.2. The molecule has 0 amide bonds. The van der Waals surface area contributed by atoms with Crippen molar-refractivity contribution < 1.29 is 8.42 Å². The number of sulfonamides is 1. The van der Waals surface area contributed by atoms with Gasteiger partial charge in [-0.2, -0.15) is 0 Å². The molecule has 0 aliphatic carbocycles. The van der Waals surface area contributed by atoms with Crippen molar-refractivity contribution in [1.29, 1.82) is 0 Å². The zero-order valence-electron chi connectivity index (χ0n) is 15.2. The first-order valence-electron chi connectivity index (χ1n) is 8.51. The van der Waals surface area contributed by atoms with Gasteiger partial charge in [0.25, 0.3) is 0 Å². The number of pyridine rings is 1. The van der Waals surface area contributed by atoms with Gasteiger partial charge in [-0.25, -0.2) is 18.1 Å². The van der Waals surface area contributed by atoms with Crippen molar-refractivity contribution in [2.24, 2.45) is 5.73 Å². The smallest absolute Gasteiger partial charge is 0.240 e. The van der Waals surface area contributed by atoms with Crippen molar-refractivity contribution in [1.82, 2.24) is 14.7 Å². The van der Waals surface area contributed by atoms with E-state index in [0.717, 1.165) is 27.9 Å². The normalized spacial score (nSPS) is 12.6. The number of nitrogens with one attached hydrogen (secondary N) is 2. The molecule has 6 nitrogen and oxygen atoms in total. The molecular weight excluding hydrogens is 348 g/mol. The van der Waals surface area contributed by atoms with Crippen LogP contribution in [0.5, 0.6) is 0 Å². The Hall–Kier alpha value is -2.22. The van der Waals surface area contributed by atoms with Crippen molar-refractivity contribution in [3.63, 3.8) is 0 Å². The molecule has 2 heterocycles. The van der Waals surface area contributed by atoms with Gasteiger partial charge in [-0.05, 0) is 35.4 Å². The Bertz CT molecular complexity index is 1020. The zero-order chi connectivity index (χ0) is 18.9. The first kappa shape index (κ1) is 18.6. The van der Waals surface area contributed by atoms with Gasteiger partial charge in [0.1, 0.15) is 5.65 Å². The van der Waals surface area contributed by atoms with E-state index in [1.165, 1.54) is 0 Å². The van der Waals surface area contributed by atoms with E-state index in [1.807, 2.05) is 18.2 Å². The van der Waals surface area contributed by atoms with Crippen LogP contribution in [-0.2, 0) is 15.4 Å². The molecule has 4 N–H and O–H groups in total. The monoisotopic (exact) mass is 372 g/mol. The lowest BCUT2D eigenvalue weighted by Gasteiger charge is -2.15. The fourth-order valence-corrected chi connectivity index (χ4v) is 3.82. The van der Waals surface area contributed by atoms with Crippen molar-refractivity contribution in [2.75, 3.05) is 13.1 Å². The fourth-order valence-electron chi connectivity index (χ4n) is 2.77. The Kier molecular flexibility index (Phi) is 4.88. The minimum absolute atomic E-state index is 0.00936. The molecule has 0 fully saturated rings. The number of hydrogen-bond donors (Lipinski definition) is 3. The van der Waals surface area contributed by atoms with E-state index in [2.05, 4.69) is 41.5 Å². The van der Waals surface area contributed by atoms with Crippen LogP contribution in [0.25, 0.3) is 22.2 Å². The Morgan fingerprint density at radius 2 is 1.85 bits per heavy atom. The van der Waals surface area contributed by atoms with Gasteiger partial charge in [0.2, 0.25) is 10.0 Å². The summed E-state index contributed by atoms with van der Waals surface area (Å²) in [5, 5.41) is 1.02. The second-order valence-electron chi connectivity index (χ2n) is 7.26. The molecule has 0 atom stereocenters. The molecule has 26 heavy (non-hydrogen) atoms. The highest BCUT2D eigenvalue weighted by Gasteiger charge is 2.18. The highest BCUT2D eigenvalue weighted by molar-refractivity contribution is 7.89. The number of H-pyrrole nitrogens is 1. The Morgan fingerprint density at radius 1 is 1.15 bits per heavy atom. The van der Waals surface area contributed by atoms with E-state index in [0.29, 0.717) is 0 Å². The Morgan fingerprint density at radius 3 is 2.46 bits per heavy atom. The number of nitrogens with two attached hydrogens (primary N) is 1. The number of aromatic nitrogens is 2. The van der Waals surface area contributed by atoms with E-state index in [9.17, 15) is 8.42 Å². The van der Waals surface area contributed by atoms with Gasteiger partial charge in [0.05, 0.1) is 4.90 Å². The van der Waals surface area contributed by atoms with Crippen LogP contribution in [0.15, 0.2) is 47.5 Å². The van der Waals surface area contributed by atoms with Gasteiger partial charge < -0.3 is 10.7 Å². The second kappa shape index (κ2) is 6.83. The number of rotatable bonds is 5. The second-order valence-corrected chi connectivity index (χ2v) is 9.03. The van der Waals surface area contributed by atoms with Crippen molar-refractivity contribution in [2.45, 2.75) is 31.1 Å². The lowest BCUT2D eigenvalue weighted by Crippen LogP contribution is -2.29. The third kappa shape index (κ3) is 3.65. The summed E-state index contributed by atoms with van der Waals surface area (Å²) in [5.41, 5.74) is 9.24. The molecule has 0 spiro atoms. The standard InChI is InChI=1S/C19H24N4O2S/c1-19(2,3)17-12-16-15(8-10-21-18(16)23-17)13-4-6-14(7-5-13)26(24,25)22-11-9-20/h4-8,10,12,22H,9,11,20H2,1-3H3,(H,21,23). The molecular formula is C19H24N4O2S. The van der Waals surface area contributed by atoms with Crippen LogP contribution in [0, 0.1) is 0 Å². The first-order valence-corrected chi connectivity index (χ1v) is 9.99. The predicted octanol–water partition coefficient (Wildman–Crippen LogP) is 2.76. The Balaban J connectivity index is 2.01. The van der Waals surface area contributed by atoms with Crippen molar-refractivity contribution in [3.05, 3.63) is 48.3 Å². The number of aromatic amines is 1. The molecule has 7 heteroatoms. The maximum atomic E-state index is 12.2. The van der Waals surface area contributed by atoms with Crippen molar-refractivity contribution >= 4 is 21.1 Å². The average Bonchev–Trinajstić information content (AvgIpc) is 3.05. The molecule has 0 aliphatic heterocycles. The maximum absolute atomic E-state index is 12.2. The Labute approximate surface area is 153 Å². The third-order valence-electron chi connectivity index (χ3n) is 4.25. The number of fused-ring (bicyclic) bond motifs is 1.